The monoisotopic (exact) mass is 397 g/mol. The van der Waals surface area contributed by atoms with Crippen LogP contribution in [-0.4, -0.2) is 24.7 Å². The first kappa shape index (κ1) is 21.6. The second-order valence-electron chi connectivity index (χ2n) is 8.34. The molecule has 1 N–H and O–H groups in total. The third-order valence-electron chi connectivity index (χ3n) is 5.97. The molecular weight excluding hydrogens is 362 g/mol. The van der Waals surface area contributed by atoms with Crippen LogP contribution < -0.4 is 10.1 Å². The zero-order chi connectivity index (χ0) is 20.7. The zero-order valence-electron chi connectivity index (χ0n) is 18.1. The summed E-state index contributed by atoms with van der Waals surface area (Å²) < 4.78 is 12.1. The molecule has 4 heteroatoms. The number of carbonyl (C=O) groups excluding carboxylic acids is 1. The van der Waals surface area contributed by atoms with Gasteiger partial charge in [0.25, 0.3) is 5.91 Å². The van der Waals surface area contributed by atoms with Crippen LogP contribution in [0.1, 0.15) is 65.7 Å². The molecular formula is C25H35NO3. The maximum Gasteiger partial charge on any atom is 0.256 e. The van der Waals surface area contributed by atoms with E-state index >= 15 is 0 Å². The fraction of sp³-hybridized carbons (Fsp3) is 0.560. The third-order valence-corrected chi connectivity index (χ3v) is 5.97. The smallest absolute Gasteiger partial charge is 0.256 e. The van der Waals surface area contributed by atoms with E-state index in [0.29, 0.717) is 19.1 Å². The Hall–Kier alpha value is -2.07. The molecule has 1 amide bonds. The van der Waals surface area contributed by atoms with Gasteiger partial charge in [0.05, 0.1) is 6.61 Å². The molecule has 0 heterocycles. The first-order valence-electron chi connectivity index (χ1n) is 11.2. The molecule has 0 aliphatic heterocycles. The highest BCUT2D eigenvalue weighted by Gasteiger charge is 2.42. The minimum Gasteiger partial charge on any atom is -0.493 e. The average Bonchev–Trinajstić information content (AvgIpc) is 2.75. The Labute approximate surface area is 175 Å². The molecule has 0 radical (unpaired) electrons. The van der Waals surface area contributed by atoms with Crippen molar-refractivity contribution in [1.82, 2.24) is 0 Å². The third kappa shape index (κ3) is 5.11. The molecule has 3 rings (SSSR count). The van der Waals surface area contributed by atoms with Crippen molar-refractivity contribution in [3.63, 3.8) is 0 Å². The standard InChI is InChI=1S/C25H35NO3/c1-4-6-18-28-23-12-11-22(20-9-7-8-10-21(20)23)26-24(27)25(29-17-5-2)15-13-19(3)14-16-25/h7-12,19H,4-6,13-18H2,1-3H3,(H,26,27). The summed E-state index contributed by atoms with van der Waals surface area (Å²) in [6, 6.07) is 12.0. The van der Waals surface area contributed by atoms with E-state index in [9.17, 15) is 4.79 Å². The van der Waals surface area contributed by atoms with Gasteiger partial charge in [-0.25, -0.2) is 0 Å². The number of hydrogen-bond donors (Lipinski definition) is 1. The summed E-state index contributed by atoms with van der Waals surface area (Å²) in [5.41, 5.74) is 0.117. The van der Waals surface area contributed by atoms with E-state index in [4.69, 9.17) is 9.47 Å². The number of ether oxygens (including phenoxy) is 2. The summed E-state index contributed by atoms with van der Waals surface area (Å²) >= 11 is 0. The highest BCUT2D eigenvalue weighted by molar-refractivity contribution is 6.06. The summed E-state index contributed by atoms with van der Waals surface area (Å²) in [6.07, 6.45) is 6.68. The molecule has 4 nitrogen and oxygen atoms in total. The Morgan fingerprint density at radius 1 is 1.03 bits per heavy atom. The second kappa shape index (κ2) is 10.1. The summed E-state index contributed by atoms with van der Waals surface area (Å²) in [7, 11) is 0. The first-order valence-corrected chi connectivity index (χ1v) is 11.2. The molecule has 0 saturated heterocycles. The zero-order valence-corrected chi connectivity index (χ0v) is 18.1. The van der Waals surface area contributed by atoms with Crippen LogP contribution in [0.25, 0.3) is 10.8 Å². The van der Waals surface area contributed by atoms with Gasteiger partial charge in [-0.3, -0.25) is 4.79 Å². The van der Waals surface area contributed by atoms with Crippen LogP contribution in [0.4, 0.5) is 5.69 Å². The van der Waals surface area contributed by atoms with Crippen molar-refractivity contribution >= 4 is 22.4 Å². The van der Waals surface area contributed by atoms with E-state index in [1.54, 1.807) is 0 Å². The average molecular weight is 398 g/mol. The molecule has 1 fully saturated rings. The minimum absolute atomic E-state index is 0.0114. The molecule has 29 heavy (non-hydrogen) atoms. The van der Waals surface area contributed by atoms with Crippen molar-refractivity contribution in [2.75, 3.05) is 18.5 Å². The molecule has 1 aliphatic carbocycles. The summed E-state index contributed by atoms with van der Waals surface area (Å²) in [4.78, 5) is 13.4. The quantitative estimate of drug-likeness (QED) is 0.503. The van der Waals surface area contributed by atoms with Gasteiger partial charge in [-0.05, 0) is 56.6 Å². The molecule has 1 saturated carbocycles. The van der Waals surface area contributed by atoms with Crippen molar-refractivity contribution in [3.05, 3.63) is 36.4 Å². The van der Waals surface area contributed by atoms with Gasteiger partial charge < -0.3 is 14.8 Å². The van der Waals surface area contributed by atoms with Crippen molar-refractivity contribution in [2.45, 2.75) is 71.3 Å². The molecule has 0 spiro atoms. The number of amides is 1. The summed E-state index contributed by atoms with van der Waals surface area (Å²) in [6.45, 7) is 7.82. The van der Waals surface area contributed by atoms with E-state index < -0.39 is 5.60 Å². The van der Waals surface area contributed by atoms with Crippen LogP contribution in [0, 0.1) is 5.92 Å². The van der Waals surface area contributed by atoms with Gasteiger partial charge in [-0.15, -0.1) is 0 Å². The Kier molecular flexibility index (Phi) is 7.54. The number of rotatable bonds is 9. The van der Waals surface area contributed by atoms with Gasteiger partial charge in [0, 0.05) is 23.1 Å². The van der Waals surface area contributed by atoms with E-state index in [2.05, 4.69) is 32.2 Å². The number of hydrogen-bond acceptors (Lipinski definition) is 3. The lowest BCUT2D eigenvalue weighted by Crippen LogP contribution is -2.48. The minimum atomic E-state index is -0.708. The van der Waals surface area contributed by atoms with E-state index in [0.717, 1.165) is 67.2 Å². The van der Waals surface area contributed by atoms with Gasteiger partial charge in [0.1, 0.15) is 11.4 Å². The highest BCUT2D eigenvalue weighted by Crippen LogP contribution is 2.37. The fourth-order valence-electron chi connectivity index (χ4n) is 4.03. The topological polar surface area (TPSA) is 47.6 Å². The van der Waals surface area contributed by atoms with Crippen LogP contribution in [0.5, 0.6) is 5.75 Å². The number of fused-ring (bicyclic) bond motifs is 1. The second-order valence-corrected chi connectivity index (χ2v) is 8.34. The Morgan fingerprint density at radius 2 is 1.76 bits per heavy atom. The van der Waals surface area contributed by atoms with Gasteiger partial charge in [-0.1, -0.05) is 51.5 Å². The SMILES string of the molecule is CCCCOc1ccc(NC(=O)C2(OCCC)CCC(C)CC2)c2ccccc12. The Morgan fingerprint density at radius 3 is 2.45 bits per heavy atom. The maximum atomic E-state index is 13.4. The van der Waals surface area contributed by atoms with Gasteiger partial charge >= 0.3 is 0 Å². The van der Waals surface area contributed by atoms with E-state index in [-0.39, 0.29) is 5.91 Å². The predicted octanol–water partition coefficient (Wildman–Crippen LogP) is 6.33. The number of carbonyl (C=O) groups is 1. The summed E-state index contributed by atoms with van der Waals surface area (Å²) in [5.74, 6) is 1.51. The number of anilines is 1. The normalized spacial score (nSPS) is 21.8. The first-order chi connectivity index (χ1) is 14.1. The van der Waals surface area contributed by atoms with Gasteiger partial charge in [-0.2, -0.15) is 0 Å². The van der Waals surface area contributed by atoms with Crippen molar-refractivity contribution < 1.29 is 14.3 Å². The lowest BCUT2D eigenvalue weighted by atomic mass is 9.78. The lowest BCUT2D eigenvalue weighted by molar-refractivity contribution is -0.147. The Bertz CT molecular complexity index is 803. The van der Waals surface area contributed by atoms with Crippen molar-refractivity contribution in [3.8, 4) is 5.75 Å². The molecule has 2 aromatic carbocycles. The molecule has 0 bridgehead atoms. The number of nitrogens with one attached hydrogen (secondary N) is 1. The Balaban J connectivity index is 1.84. The van der Waals surface area contributed by atoms with Crippen LogP contribution in [0.2, 0.25) is 0 Å². The fourth-order valence-corrected chi connectivity index (χ4v) is 4.03. The number of unbranched alkanes of at least 4 members (excludes halogenated alkanes) is 1. The van der Waals surface area contributed by atoms with Crippen LogP contribution in [0.15, 0.2) is 36.4 Å². The largest absolute Gasteiger partial charge is 0.493 e. The van der Waals surface area contributed by atoms with Crippen LogP contribution in [0.3, 0.4) is 0 Å². The molecule has 1 aliphatic rings. The van der Waals surface area contributed by atoms with Gasteiger partial charge in [0.15, 0.2) is 0 Å². The molecule has 2 aromatic rings. The van der Waals surface area contributed by atoms with Gasteiger partial charge in [0.2, 0.25) is 0 Å². The van der Waals surface area contributed by atoms with Crippen molar-refractivity contribution in [1.29, 1.82) is 0 Å². The highest BCUT2D eigenvalue weighted by atomic mass is 16.5. The number of benzene rings is 2. The molecule has 0 aromatic heterocycles. The van der Waals surface area contributed by atoms with E-state index in [1.165, 1.54) is 0 Å². The molecule has 158 valence electrons. The molecule has 0 unspecified atom stereocenters. The van der Waals surface area contributed by atoms with Crippen LogP contribution >= 0.6 is 0 Å². The predicted molar refractivity (Wildman–Crippen MR) is 120 cm³/mol. The maximum absolute atomic E-state index is 13.4. The summed E-state index contributed by atoms with van der Waals surface area (Å²) in [5, 5.41) is 5.23. The van der Waals surface area contributed by atoms with E-state index in [1.807, 2.05) is 30.3 Å². The lowest BCUT2D eigenvalue weighted by Gasteiger charge is -2.38. The van der Waals surface area contributed by atoms with Crippen LogP contribution in [-0.2, 0) is 9.53 Å². The van der Waals surface area contributed by atoms with Crippen molar-refractivity contribution in [2.24, 2.45) is 5.92 Å². The molecule has 0 atom stereocenters.